The summed E-state index contributed by atoms with van der Waals surface area (Å²) in [5.74, 6) is 0. The van der Waals surface area contributed by atoms with E-state index in [1.165, 1.54) is 0 Å². The van der Waals surface area contributed by atoms with Crippen LogP contribution in [0.5, 0.6) is 0 Å². The van der Waals surface area contributed by atoms with Crippen LogP contribution in [-0.4, -0.2) is 61.9 Å². The molecule has 0 aliphatic carbocycles. The Labute approximate surface area is 103 Å². The normalized spacial score (nSPS) is 14.8. The van der Waals surface area contributed by atoms with Crippen LogP contribution in [0.25, 0.3) is 0 Å². The van der Waals surface area contributed by atoms with E-state index in [9.17, 15) is 39.5 Å². The predicted octanol–water partition coefficient (Wildman–Crippen LogP) is 2.73. The van der Waals surface area contributed by atoms with Crippen molar-refractivity contribution in [3.8, 4) is 0 Å². The minimum atomic E-state index is -6.97. The summed E-state index contributed by atoms with van der Waals surface area (Å²) in [5, 5.41) is 7.26. The van der Waals surface area contributed by atoms with Gasteiger partial charge in [0, 0.05) is 0 Å². The van der Waals surface area contributed by atoms with Gasteiger partial charge in [0.2, 0.25) is 0 Å². The second-order valence-corrected chi connectivity index (χ2v) is 4.88. The topological polar surface area (TPSA) is 20.2 Å². The molecule has 0 radical (unpaired) electrons. The summed E-state index contributed by atoms with van der Waals surface area (Å²) < 4.78 is 104. The highest BCUT2D eigenvalue weighted by molar-refractivity contribution is 5.00. The molecular formula is C8H13F9NO+. The Morgan fingerprint density at radius 2 is 0.789 bits per heavy atom. The van der Waals surface area contributed by atoms with Crippen molar-refractivity contribution >= 4 is 0 Å². The van der Waals surface area contributed by atoms with Crippen LogP contribution in [-0.2, 0) is 0 Å². The third-order valence-electron chi connectivity index (χ3n) is 1.20. The van der Waals surface area contributed by atoms with Crippen LogP contribution in [0.1, 0.15) is 0 Å². The van der Waals surface area contributed by atoms with Crippen molar-refractivity contribution < 1.29 is 49.1 Å². The highest BCUT2D eigenvalue weighted by Crippen LogP contribution is 2.53. The zero-order valence-electron chi connectivity index (χ0n) is 10.3. The van der Waals surface area contributed by atoms with Crippen LogP contribution in [0.15, 0.2) is 0 Å². The Hall–Kier alpha value is -0.710. The monoisotopic (exact) mass is 310 g/mol. The van der Waals surface area contributed by atoms with Crippen molar-refractivity contribution in [1.29, 1.82) is 0 Å². The fourth-order valence-corrected chi connectivity index (χ4v) is 0.502. The highest BCUT2D eigenvalue weighted by atomic mass is 19.4. The first-order valence-electron chi connectivity index (χ1n) is 4.46. The first kappa shape index (κ1) is 20.6. The van der Waals surface area contributed by atoms with Gasteiger partial charge in [0.05, 0.1) is 28.2 Å². The van der Waals surface area contributed by atoms with Gasteiger partial charge in [0.1, 0.15) is 0 Å². The van der Waals surface area contributed by atoms with E-state index in [4.69, 9.17) is 5.11 Å². The van der Waals surface area contributed by atoms with Crippen molar-refractivity contribution in [3.05, 3.63) is 0 Å². The van der Waals surface area contributed by atoms with Gasteiger partial charge in [0.15, 0.2) is 0 Å². The van der Waals surface area contributed by atoms with E-state index in [0.717, 1.165) is 4.48 Å². The lowest BCUT2D eigenvalue weighted by molar-refractivity contribution is -0.849. The standard InChI is InChI=1S/C4HF9O.C4H12N/c5-1(2(6,7)8,3(9,10)11)4(12,13)14;1-5(2,3)4/h14H;1-4H3/q;+1. The molecule has 0 aromatic heterocycles. The molecule has 0 aliphatic rings. The molecule has 19 heavy (non-hydrogen) atoms. The van der Waals surface area contributed by atoms with Gasteiger partial charge in [-0.05, 0) is 0 Å². The van der Waals surface area contributed by atoms with E-state index in [1.54, 1.807) is 0 Å². The molecule has 0 saturated carbocycles. The van der Waals surface area contributed by atoms with Gasteiger partial charge in [-0.25, -0.2) is 4.39 Å². The van der Waals surface area contributed by atoms with Crippen molar-refractivity contribution in [2.24, 2.45) is 0 Å². The third-order valence-corrected chi connectivity index (χ3v) is 1.20. The summed E-state index contributed by atoms with van der Waals surface area (Å²) in [5.41, 5.74) is -6.97. The van der Waals surface area contributed by atoms with Crippen LogP contribution >= 0.6 is 0 Å². The van der Waals surface area contributed by atoms with E-state index in [2.05, 4.69) is 28.2 Å². The second-order valence-electron chi connectivity index (χ2n) is 4.88. The highest BCUT2D eigenvalue weighted by Gasteiger charge is 2.84. The van der Waals surface area contributed by atoms with Gasteiger partial charge in [0.25, 0.3) is 0 Å². The molecule has 0 aromatic rings. The summed E-state index contributed by atoms with van der Waals surface area (Å²) in [6.07, 6.45) is -20.5. The minimum absolute atomic E-state index is 1.00. The smallest absolute Gasteiger partial charge is 0.333 e. The molecule has 0 amide bonds. The number of halogens is 9. The first-order chi connectivity index (χ1) is 7.75. The van der Waals surface area contributed by atoms with Gasteiger partial charge < -0.3 is 9.59 Å². The van der Waals surface area contributed by atoms with E-state index < -0.39 is 24.1 Å². The van der Waals surface area contributed by atoms with Gasteiger partial charge in [-0.1, -0.05) is 0 Å². The van der Waals surface area contributed by atoms with Gasteiger partial charge in [-0.3, -0.25) is 0 Å². The van der Waals surface area contributed by atoms with Gasteiger partial charge >= 0.3 is 24.1 Å². The van der Waals surface area contributed by atoms with E-state index in [0.29, 0.717) is 0 Å². The molecule has 0 bridgehead atoms. The number of rotatable bonds is 1. The lowest BCUT2D eigenvalue weighted by atomic mass is 10.0. The molecule has 0 rings (SSSR count). The zero-order chi connectivity index (χ0) is 16.5. The number of aliphatic hydroxyl groups is 1. The third kappa shape index (κ3) is 5.85. The Morgan fingerprint density at radius 1 is 0.632 bits per heavy atom. The molecule has 0 aromatic carbocycles. The largest absolute Gasteiger partial charge is 0.440 e. The predicted molar refractivity (Wildman–Crippen MR) is 47.1 cm³/mol. The molecule has 0 spiro atoms. The van der Waals surface area contributed by atoms with E-state index in [1.807, 2.05) is 0 Å². The average molecular weight is 310 g/mol. The van der Waals surface area contributed by atoms with Crippen molar-refractivity contribution in [1.82, 2.24) is 0 Å². The summed E-state index contributed by atoms with van der Waals surface area (Å²) in [7, 11) is 8.50. The summed E-state index contributed by atoms with van der Waals surface area (Å²) >= 11 is 0. The van der Waals surface area contributed by atoms with Crippen molar-refractivity contribution in [3.63, 3.8) is 0 Å². The SMILES string of the molecule is C[N+](C)(C)C.OC(F)(F)C(F)(C(F)(F)F)C(F)(F)F. The molecule has 0 heterocycles. The van der Waals surface area contributed by atoms with Crippen LogP contribution in [0, 0.1) is 0 Å². The summed E-state index contributed by atoms with van der Waals surface area (Å²) in [6, 6.07) is 0. The number of quaternary nitrogens is 1. The van der Waals surface area contributed by atoms with E-state index in [-0.39, 0.29) is 0 Å². The summed E-state index contributed by atoms with van der Waals surface area (Å²) in [4.78, 5) is 0. The Balaban J connectivity index is 0. The van der Waals surface area contributed by atoms with Gasteiger partial charge in [-0.15, -0.1) is 0 Å². The lowest BCUT2D eigenvalue weighted by Gasteiger charge is -2.32. The maximum Gasteiger partial charge on any atom is 0.440 e. The number of hydrogen-bond donors (Lipinski definition) is 1. The molecule has 0 aliphatic heterocycles. The van der Waals surface area contributed by atoms with Crippen LogP contribution < -0.4 is 0 Å². The molecule has 2 nitrogen and oxygen atoms in total. The molecule has 0 saturated heterocycles. The first-order valence-corrected chi connectivity index (χ1v) is 4.46. The molecule has 11 heteroatoms. The Bertz CT molecular complexity index is 241. The zero-order valence-corrected chi connectivity index (χ0v) is 10.3. The molecule has 1 N–H and O–H groups in total. The van der Waals surface area contributed by atoms with Crippen LogP contribution in [0.3, 0.4) is 0 Å². The maximum atomic E-state index is 12.1. The van der Waals surface area contributed by atoms with Crippen molar-refractivity contribution in [2.45, 2.75) is 24.1 Å². The van der Waals surface area contributed by atoms with Gasteiger partial charge in [-0.2, -0.15) is 35.1 Å². The van der Waals surface area contributed by atoms with E-state index >= 15 is 0 Å². The molecule has 118 valence electrons. The fourth-order valence-electron chi connectivity index (χ4n) is 0.502. The molecular weight excluding hydrogens is 297 g/mol. The molecule has 0 atom stereocenters. The average Bonchev–Trinajstić information content (AvgIpc) is 1.92. The van der Waals surface area contributed by atoms with Crippen molar-refractivity contribution in [2.75, 3.05) is 28.2 Å². The minimum Gasteiger partial charge on any atom is -0.333 e. The molecule has 0 fully saturated rings. The Kier molecular flexibility index (Phi) is 5.80. The molecule has 0 unspecified atom stereocenters. The number of hydrogen-bond acceptors (Lipinski definition) is 1. The number of nitrogens with zero attached hydrogens (tertiary/aromatic N) is 1. The Morgan fingerprint density at radius 3 is 0.789 bits per heavy atom. The quantitative estimate of drug-likeness (QED) is 0.583. The van der Waals surface area contributed by atoms with Crippen LogP contribution in [0.2, 0.25) is 0 Å². The second kappa shape index (κ2) is 5.35. The summed E-state index contributed by atoms with van der Waals surface area (Å²) in [6.45, 7) is 0. The fraction of sp³-hybridized carbons (Fsp3) is 1.00. The maximum absolute atomic E-state index is 12.1. The van der Waals surface area contributed by atoms with Crippen LogP contribution in [0.4, 0.5) is 39.5 Å². The number of alkyl halides is 9. The lowest BCUT2D eigenvalue weighted by Crippen LogP contribution is -2.64.